The summed E-state index contributed by atoms with van der Waals surface area (Å²) in [6, 6.07) is 19.4. The molecule has 168 valence electrons. The van der Waals surface area contributed by atoms with Crippen molar-refractivity contribution in [2.24, 2.45) is 0 Å². The van der Waals surface area contributed by atoms with Gasteiger partial charge >= 0.3 is 0 Å². The largest absolute Gasteiger partial charge is 0.497 e. The number of nitrogens with one attached hydrogen (secondary N) is 1. The average Bonchev–Trinajstić information content (AvgIpc) is 3.07. The van der Waals surface area contributed by atoms with E-state index in [1.165, 1.54) is 24.3 Å². The number of carbonyl (C=O) groups is 2. The van der Waals surface area contributed by atoms with Crippen molar-refractivity contribution >= 4 is 28.8 Å². The summed E-state index contributed by atoms with van der Waals surface area (Å²) in [6.45, 7) is 2.42. The standard InChI is InChI=1S/C26H23FN2O4/c1-3-15-33-22-10-5-4-9-21(22)29-25(30)23(17-11-13-18(27)14-12-17)24(26(29)31)28-19-7-6-8-20(16-19)32-2/h4-14,16,28H,3,15H2,1-2H3. The van der Waals surface area contributed by atoms with Crippen molar-refractivity contribution in [3.63, 3.8) is 0 Å². The molecule has 0 fully saturated rings. The predicted octanol–water partition coefficient (Wildman–Crippen LogP) is 5.02. The zero-order valence-electron chi connectivity index (χ0n) is 18.3. The van der Waals surface area contributed by atoms with Crippen molar-refractivity contribution in [1.29, 1.82) is 0 Å². The molecule has 3 aromatic rings. The maximum atomic E-state index is 13.6. The molecule has 1 N–H and O–H groups in total. The van der Waals surface area contributed by atoms with E-state index in [0.29, 0.717) is 35.0 Å². The van der Waals surface area contributed by atoms with Crippen LogP contribution in [-0.2, 0) is 9.59 Å². The quantitative estimate of drug-likeness (QED) is 0.492. The number of carbonyl (C=O) groups excluding carboxylic acids is 2. The normalized spacial score (nSPS) is 13.5. The number of methoxy groups -OCH3 is 1. The van der Waals surface area contributed by atoms with Crippen molar-refractivity contribution in [2.45, 2.75) is 13.3 Å². The molecule has 7 heteroatoms. The van der Waals surface area contributed by atoms with Crippen LogP contribution in [0.5, 0.6) is 11.5 Å². The first-order valence-corrected chi connectivity index (χ1v) is 10.6. The molecule has 6 nitrogen and oxygen atoms in total. The minimum Gasteiger partial charge on any atom is -0.497 e. The van der Waals surface area contributed by atoms with Gasteiger partial charge in [0.05, 0.1) is 25.0 Å². The molecular weight excluding hydrogens is 423 g/mol. The third-order valence-corrected chi connectivity index (χ3v) is 5.12. The number of anilines is 2. The number of hydrogen-bond donors (Lipinski definition) is 1. The van der Waals surface area contributed by atoms with Crippen molar-refractivity contribution < 1.29 is 23.5 Å². The molecule has 1 aliphatic heterocycles. The molecular formula is C26H23FN2O4. The van der Waals surface area contributed by atoms with E-state index in [4.69, 9.17) is 9.47 Å². The van der Waals surface area contributed by atoms with Crippen LogP contribution in [0.1, 0.15) is 18.9 Å². The van der Waals surface area contributed by atoms with Crippen LogP contribution in [0.2, 0.25) is 0 Å². The highest BCUT2D eigenvalue weighted by atomic mass is 19.1. The Balaban J connectivity index is 1.80. The third kappa shape index (κ3) is 4.43. The number of amides is 2. The van der Waals surface area contributed by atoms with E-state index in [0.717, 1.165) is 11.3 Å². The summed E-state index contributed by atoms with van der Waals surface area (Å²) in [5.41, 5.74) is 1.58. The van der Waals surface area contributed by atoms with Gasteiger partial charge in [-0.3, -0.25) is 9.59 Å². The van der Waals surface area contributed by atoms with Crippen LogP contribution in [-0.4, -0.2) is 25.5 Å². The summed E-state index contributed by atoms with van der Waals surface area (Å²) in [4.78, 5) is 28.2. The van der Waals surface area contributed by atoms with Gasteiger partial charge < -0.3 is 14.8 Å². The summed E-state index contributed by atoms with van der Waals surface area (Å²) < 4.78 is 24.6. The van der Waals surface area contributed by atoms with Gasteiger partial charge in [-0.15, -0.1) is 0 Å². The number of nitrogens with zero attached hydrogens (tertiary/aromatic N) is 1. The number of ether oxygens (including phenoxy) is 2. The van der Waals surface area contributed by atoms with Crippen LogP contribution in [0, 0.1) is 5.82 Å². The van der Waals surface area contributed by atoms with Gasteiger partial charge in [0.15, 0.2) is 0 Å². The van der Waals surface area contributed by atoms with Crippen LogP contribution in [0.25, 0.3) is 5.57 Å². The molecule has 0 unspecified atom stereocenters. The molecule has 1 aliphatic rings. The Morgan fingerprint density at radius 3 is 2.42 bits per heavy atom. The van der Waals surface area contributed by atoms with Crippen molar-refractivity contribution in [2.75, 3.05) is 23.9 Å². The smallest absolute Gasteiger partial charge is 0.282 e. The number of benzene rings is 3. The minimum atomic E-state index is -0.533. The maximum Gasteiger partial charge on any atom is 0.282 e. The fourth-order valence-electron chi connectivity index (χ4n) is 3.57. The first-order chi connectivity index (χ1) is 16.0. The first-order valence-electron chi connectivity index (χ1n) is 10.6. The number of halogens is 1. The highest BCUT2D eigenvalue weighted by Crippen LogP contribution is 2.38. The topological polar surface area (TPSA) is 67.9 Å². The van der Waals surface area contributed by atoms with E-state index in [1.807, 2.05) is 6.92 Å². The molecule has 0 bridgehead atoms. The van der Waals surface area contributed by atoms with Crippen molar-refractivity contribution in [3.05, 3.63) is 89.9 Å². The summed E-state index contributed by atoms with van der Waals surface area (Å²) in [5.74, 6) is -0.467. The second kappa shape index (κ2) is 9.56. The van der Waals surface area contributed by atoms with Gasteiger partial charge in [-0.2, -0.15) is 0 Å². The number of imide groups is 1. The van der Waals surface area contributed by atoms with Crippen LogP contribution < -0.4 is 19.7 Å². The molecule has 3 aromatic carbocycles. The van der Waals surface area contributed by atoms with Crippen LogP contribution in [0.3, 0.4) is 0 Å². The van der Waals surface area contributed by atoms with Crippen molar-refractivity contribution in [3.8, 4) is 11.5 Å². The SMILES string of the molecule is CCCOc1ccccc1N1C(=O)C(Nc2cccc(OC)c2)=C(c2ccc(F)cc2)C1=O. The Hall–Kier alpha value is -4.13. The molecule has 0 atom stereocenters. The second-order valence-corrected chi connectivity index (χ2v) is 7.38. The molecule has 4 rings (SSSR count). The summed E-state index contributed by atoms with van der Waals surface area (Å²) in [7, 11) is 1.54. The summed E-state index contributed by atoms with van der Waals surface area (Å²) >= 11 is 0. The van der Waals surface area contributed by atoms with E-state index in [2.05, 4.69) is 5.32 Å². The Morgan fingerprint density at radius 1 is 0.939 bits per heavy atom. The maximum absolute atomic E-state index is 13.6. The Bertz CT molecular complexity index is 1220. The van der Waals surface area contributed by atoms with E-state index >= 15 is 0 Å². The van der Waals surface area contributed by atoms with Gasteiger partial charge in [-0.05, 0) is 48.4 Å². The average molecular weight is 446 g/mol. The molecule has 0 saturated carbocycles. The molecule has 0 aliphatic carbocycles. The molecule has 1 heterocycles. The highest BCUT2D eigenvalue weighted by Gasteiger charge is 2.41. The van der Waals surface area contributed by atoms with Crippen LogP contribution >= 0.6 is 0 Å². The summed E-state index contributed by atoms with van der Waals surface area (Å²) in [6.07, 6.45) is 0.776. The van der Waals surface area contributed by atoms with E-state index in [-0.39, 0.29) is 11.3 Å². The van der Waals surface area contributed by atoms with Crippen molar-refractivity contribution in [1.82, 2.24) is 0 Å². The zero-order valence-corrected chi connectivity index (χ0v) is 18.3. The lowest BCUT2D eigenvalue weighted by atomic mass is 10.0. The Morgan fingerprint density at radius 2 is 1.70 bits per heavy atom. The second-order valence-electron chi connectivity index (χ2n) is 7.38. The fourth-order valence-corrected chi connectivity index (χ4v) is 3.57. The Kier molecular flexibility index (Phi) is 6.40. The van der Waals surface area contributed by atoms with E-state index in [1.54, 1.807) is 55.6 Å². The molecule has 33 heavy (non-hydrogen) atoms. The Labute approximate surface area is 191 Å². The lowest BCUT2D eigenvalue weighted by molar-refractivity contribution is -0.120. The zero-order chi connectivity index (χ0) is 23.4. The van der Waals surface area contributed by atoms with E-state index < -0.39 is 17.6 Å². The monoisotopic (exact) mass is 446 g/mol. The van der Waals surface area contributed by atoms with Gasteiger partial charge in [-0.25, -0.2) is 9.29 Å². The van der Waals surface area contributed by atoms with Gasteiger partial charge in [0.1, 0.15) is 23.0 Å². The summed E-state index contributed by atoms with van der Waals surface area (Å²) in [5, 5.41) is 3.07. The van der Waals surface area contributed by atoms with Gasteiger partial charge in [0.2, 0.25) is 0 Å². The number of rotatable bonds is 8. The molecule has 0 radical (unpaired) electrons. The van der Waals surface area contributed by atoms with Crippen LogP contribution in [0.4, 0.5) is 15.8 Å². The lowest BCUT2D eigenvalue weighted by Crippen LogP contribution is -2.32. The fraction of sp³-hybridized carbons (Fsp3) is 0.154. The van der Waals surface area contributed by atoms with E-state index in [9.17, 15) is 14.0 Å². The number of para-hydroxylation sites is 2. The molecule has 0 spiro atoms. The van der Waals surface area contributed by atoms with Gasteiger partial charge in [-0.1, -0.05) is 37.3 Å². The highest BCUT2D eigenvalue weighted by molar-refractivity contribution is 6.46. The minimum absolute atomic E-state index is 0.0881. The third-order valence-electron chi connectivity index (χ3n) is 5.12. The van der Waals surface area contributed by atoms with Crippen LogP contribution in [0.15, 0.2) is 78.5 Å². The number of hydrogen-bond acceptors (Lipinski definition) is 5. The molecule has 0 saturated heterocycles. The molecule has 2 amide bonds. The first kappa shape index (κ1) is 22.1. The van der Waals surface area contributed by atoms with Gasteiger partial charge in [0.25, 0.3) is 11.8 Å². The molecule has 0 aromatic heterocycles. The predicted molar refractivity (Wildman–Crippen MR) is 125 cm³/mol. The van der Waals surface area contributed by atoms with Gasteiger partial charge in [0, 0.05) is 11.8 Å². The lowest BCUT2D eigenvalue weighted by Gasteiger charge is -2.19.